The van der Waals surface area contributed by atoms with E-state index < -0.39 is 5.91 Å². The summed E-state index contributed by atoms with van der Waals surface area (Å²) < 4.78 is 1.67. The fraction of sp³-hybridized carbons (Fsp3) is 0.0833. The number of pyridine rings is 1. The largest absolute Gasteiger partial charge is 0.365 e. The Morgan fingerprint density at radius 2 is 2.33 bits per heavy atom. The fourth-order valence-corrected chi connectivity index (χ4v) is 2.97. The third kappa shape index (κ3) is 1.58. The summed E-state index contributed by atoms with van der Waals surface area (Å²) in [6, 6.07) is 3.89. The van der Waals surface area contributed by atoms with Crippen molar-refractivity contribution in [1.82, 2.24) is 14.6 Å². The predicted molar refractivity (Wildman–Crippen MR) is 69.6 cm³/mol. The first-order valence-electron chi connectivity index (χ1n) is 5.36. The molecule has 3 rings (SSSR count). The van der Waals surface area contributed by atoms with Gasteiger partial charge in [0.15, 0.2) is 0 Å². The molecule has 0 aliphatic heterocycles. The minimum Gasteiger partial charge on any atom is -0.365 e. The standard InChI is InChI=1S/C12H10N4OS/c1-7-8(3-2-4-14-7)10-6-16-12(18-10)9(5-15-16)11(13)17/h2-6H,1H3,(H2,13,17). The Hall–Kier alpha value is -2.21. The van der Waals surface area contributed by atoms with Crippen LogP contribution in [0.1, 0.15) is 16.1 Å². The van der Waals surface area contributed by atoms with Crippen LogP contribution in [0.3, 0.4) is 0 Å². The highest BCUT2D eigenvalue weighted by atomic mass is 32.1. The topological polar surface area (TPSA) is 73.3 Å². The molecular weight excluding hydrogens is 248 g/mol. The maximum atomic E-state index is 11.3. The van der Waals surface area contributed by atoms with E-state index in [1.54, 1.807) is 10.7 Å². The minimum atomic E-state index is -0.457. The van der Waals surface area contributed by atoms with Crippen LogP contribution < -0.4 is 5.73 Å². The number of nitrogens with two attached hydrogens (primary N) is 1. The molecule has 0 aliphatic carbocycles. The summed E-state index contributed by atoms with van der Waals surface area (Å²) in [5.41, 5.74) is 7.75. The normalized spacial score (nSPS) is 10.9. The van der Waals surface area contributed by atoms with Gasteiger partial charge in [-0.2, -0.15) is 5.10 Å². The highest BCUT2D eigenvalue weighted by molar-refractivity contribution is 7.21. The van der Waals surface area contributed by atoms with Crippen molar-refractivity contribution < 1.29 is 4.79 Å². The van der Waals surface area contributed by atoms with Crippen molar-refractivity contribution in [2.24, 2.45) is 5.73 Å². The molecule has 0 saturated carbocycles. The van der Waals surface area contributed by atoms with Gasteiger partial charge in [-0.1, -0.05) is 6.07 Å². The molecule has 6 heteroatoms. The number of aryl methyl sites for hydroxylation is 1. The third-order valence-corrected chi connectivity index (χ3v) is 3.88. The number of hydrogen-bond acceptors (Lipinski definition) is 4. The quantitative estimate of drug-likeness (QED) is 0.762. The van der Waals surface area contributed by atoms with E-state index in [-0.39, 0.29) is 0 Å². The Morgan fingerprint density at radius 1 is 1.50 bits per heavy atom. The Bertz CT molecular complexity index is 743. The number of carbonyl (C=O) groups is 1. The van der Waals surface area contributed by atoms with Crippen molar-refractivity contribution in [1.29, 1.82) is 0 Å². The molecule has 0 radical (unpaired) electrons. The first-order valence-corrected chi connectivity index (χ1v) is 6.17. The number of primary amides is 1. The maximum Gasteiger partial charge on any atom is 0.253 e. The first kappa shape index (κ1) is 10.9. The van der Waals surface area contributed by atoms with Gasteiger partial charge in [0.25, 0.3) is 5.91 Å². The molecule has 5 nitrogen and oxygen atoms in total. The Morgan fingerprint density at radius 3 is 3.06 bits per heavy atom. The van der Waals surface area contributed by atoms with Crippen LogP contribution in [0.15, 0.2) is 30.7 Å². The average Bonchev–Trinajstić information content (AvgIpc) is 2.88. The average molecular weight is 258 g/mol. The van der Waals surface area contributed by atoms with Crippen LogP contribution in [0.25, 0.3) is 15.3 Å². The SMILES string of the molecule is Cc1ncccc1-c1cn2ncc(C(N)=O)c2s1. The van der Waals surface area contributed by atoms with Crippen molar-refractivity contribution >= 4 is 22.1 Å². The van der Waals surface area contributed by atoms with Gasteiger partial charge < -0.3 is 5.73 Å². The minimum absolute atomic E-state index is 0.452. The maximum absolute atomic E-state index is 11.3. The molecule has 0 atom stereocenters. The van der Waals surface area contributed by atoms with Gasteiger partial charge in [0.2, 0.25) is 0 Å². The van der Waals surface area contributed by atoms with Crippen molar-refractivity contribution in [3.8, 4) is 10.4 Å². The van der Waals surface area contributed by atoms with Crippen molar-refractivity contribution in [2.75, 3.05) is 0 Å². The second kappa shape index (κ2) is 3.92. The number of rotatable bonds is 2. The van der Waals surface area contributed by atoms with Crippen LogP contribution in [0, 0.1) is 6.92 Å². The molecule has 18 heavy (non-hydrogen) atoms. The van der Waals surface area contributed by atoms with Gasteiger partial charge in [0.1, 0.15) is 4.83 Å². The second-order valence-corrected chi connectivity index (χ2v) is 4.93. The van der Waals surface area contributed by atoms with Gasteiger partial charge in [-0.25, -0.2) is 4.52 Å². The molecule has 3 heterocycles. The van der Waals surface area contributed by atoms with Crippen LogP contribution in [-0.4, -0.2) is 20.5 Å². The van der Waals surface area contributed by atoms with Crippen LogP contribution in [0.5, 0.6) is 0 Å². The van der Waals surface area contributed by atoms with Crippen molar-refractivity contribution in [2.45, 2.75) is 6.92 Å². The molecule has 0 unspecified atom stereocenters. The Kier molecular flexibility index (Phi) is 2.38. The van der Waals surface area contributed by atoms with E-state index in [4.69, 9.17) is 5.73 Å². The Labute approximate surface area is 107 Å². The number of thiazole rings is 1. The van der Waals surface area contributed by atoms with Crippen LogP contribution >= 0.6 is 11.3 Å². The number of fused-ring (bicyclic) bond motifs is 1. The zero-order valence-electron chi connectivity index (χ0n) is 9.62. The molecule has 0 fully saturated rings. The van der Waals surface area contributed by atoms with Crippen molar-refractivity contribution in [3.63, 3.8) is 0 Å². The predicted octanol–water partition coefficient (Wildman–Crippen LogP) is 1.87. The van der Waals surface area contributed by atoms with E-state index in [0.29, 0.717) is 5.56 Å². The molecule has 0 spiro atoms. The molecule has 2 N–H and O–H groups in total. The molecule has 0 saturated heterocycles. The third-order valence-electron chi connectivity index (χ3n) is 2.73. The van der Waals surface area contributed by atoms with Gasteiger partial charge in [0.05, 0.1) is 16.6 Å². The fourth-order valence-electron chi connectivity index (χ4n) is 1.82. The van der Waals surface area contributed by atoms with Crippen LogP contribution in [-0.2, 0) is 0 Å². The number of carbonyl (C=O) groups excluding carboxylic acids is 1. The number of hydrogen-bond donors (Lipinski definition) is 1. The smallest absolute Gasteiger partial charge is 0.253 e. The molecule has 90 valence electrons. The first-order chi connectivity index (χ1) is 8.66. The number of nitrogens with zero attached hydrogens (tertiary/aromatic N) is 3. The summed E-state index contributed by atoms with van der Waals surface area (Å²) in [6.45, 7) is 1.95. The summed E-state index contributed by atoms with van der Waals surface area (Å²) in [4.78, 5) is 17.3. The Balaban J connectivity index is 2.20. The highest BCUT2D eigenvalue weighted by Crippen LogP contribution is 2.31. The molecule has 0 aliphatic rings. The summed E-state index contributed by atoms with van der Waals surface area (Å²) in [5, 5.41) is 4.12. The summed E-state index contributed by atoms with van der Waals surface area (Å²) >= 11 is 1.49. The number of amides is 1. The second-order valence-electron chi connectivity index (χ2n) is 3.90. The zero-order valence-corrected chi connectivity index (χ0v) is 10.4. The van der Waals surface area contributed by atoms with E-state index in [1.165, 1.54) is 17.5 Å². The van der Waals surface area contributed by atoms with E-state index >= 15 is 0 Å². The van der Waals surface area contributed by atoms with Gasteiger partial charge in [-0.3, -0.25) is 9.78 Å². The van der Waals surface area contributed by atoms with Crippen LogP contribution in [0.2, 0.25) is 0 Å². The summed E-state index contributed by atoms with van der Waals surface area (Å²) in [6.07, 6.45) is 5.14. The van der Waals surface area contributed by atoms with Gasteiger partial charge in [0, 0.05) is 23.7 Å². The zero-order chi connectivity index (χ0) is 12.7. The molecule has 3 aromatic rings. The summed E-state index contributed by atoms with van der Waals surface area (Å²) in [5.74, 6) is -0.457. The molecule has 1 amide bonds. The lowest BCUT2D eigenvalue weighted by atomic mass is 10.2. The van der Waals surface area contributed by atoms with E-state index in [1.807, 2.05) is 25.3 Å². The highest BCUT2D eigenvalue weighted by Gasteiger charge is 2.14. The molecular formula is C12H10N4OS. The van der Waals surface area contributed by atoms with Crippen LogP contribution in [0.4, 0.5) is 0 Å². The van der Waals surface area contributed by atoms with Gasteiger partial charge in [-0.05, 0) is 13.0 Å². The summed E-state index contributed by atoms with van der Waals surface area (Å²) in [7, 11) is 0. The van der Waals surface area contributed by atoms with E-state index in [9.17, 15) is 4.79 Å². The van der Waals surface area contributed by atoms with E-state index in [2.05, 4.69) is 10.1 Å². The molecule has 0 aromatic carbocycles. The lowest BCUT2D eigenvalue weighted by molar-refractivity contribution is 0.100. The monoisotopic (exact) mass is 258 g/mol. The molecule has 0 bridgehead atoms. The number of aromatic nitrogens is 3. The van der Waals surface area contributed by atoms with Gasteiger partial charge in [-0.15, -0.1) is 11.3 Å². The molecule has 3 aromatic heterocycles. The van der Waals surface area contributed by atoms with Gasteiger partial charge >= 0.3 is 0 Å². The lowest BCUT2D eigenvalue weighted by Crippen LogP contribution is -2.09. The van der Waals surface area contributed by atoms with Crippen molar-refractivity contribution in [3.05, 3.63) is 42.0 Å². The lowest BCUT2D eigenvalue weighted by Gasteiger charge is -1.99. The van der Waals surface area contributed by atoms with E-state index in [0.717, 1.165) is 21.0 Å².